The van der Waals surface area contributed by atoms with Crippen LogP contribution in [0.3, 0.4) is 0 Å². The van der Waals surface area contributed by atoms with Crippen LogP contribution in [0.5, 0.6) is 0 Å². The number of rotatable bonds is 7. The van der Waals surface area contributed by atoms with Gasteiger partial charge in [-0.15, -0.1) is 0 Å². The van der Waals surface area contributed by atoms with Crippen LogP contribution in [0.25, 0.3) is 0 Å². The van der Waals surface area contributed by atoms with Gasteiger partial charge in [0.15, 0.2) is 0 Å². The molecule has 0 atom stereocenters. The summed E-state index contributed by atoms with van der Waals surface area (Å²) in [4.78, 5) is 27.9. The van der Waals surface area contributed by atoms with Crippen LogP contribution in [0, 0.1) is 6.92 Å². The number of anilines is 2. The molecule has 0 spiro atoms. The van der Waals surface area contributed by atoms with Crippen molar-refractivity contribution in [2.45, 2.75) is 24.7 Å². The van der Waals surface area contributed by atoms with Crippen LogP contribution < -0.4 is 9.62 Å². The fourth-order valence-electron chi connectivity index (χ4n) is 3.95. The summed E-state index contributed by atoms with van der Waals surface area (Å²) in [6, 6.07) is 19.4. The molecule has 1 aliphatic rings. The van der Waals surface area contributed by atoms with E-state index in [2.05, 4.69) is 5.32 Å². The minimum Gasteiger partial charge on any atom is -0.339 e. The summed E-state index contributed by atoms with van der Waals surface area (Å²) >= 11 is 5.93. The molecular formula is C26H26ClN3O4S. The number of amides is 2. The first-order valence-electron chi connectivity index (χ1n) is 11.3. The van der Waals surface area contributed by atoms with Crippen molar-refractivity contribution in [3.63, 3.8) is 0 Å². The van der Waals surface area contributed by atoms with E-state index in [-0.39, 0.29) is 10.8 Å². The second-order valence-corrected chi connectivity index (χ2v) is 10.7. The molecule has 3 aromatic carbocycles. The lowest BCUT2D eigenvalue weighted by molar-refractivity contribution is -0.114. The number of hydrogen-bond donors (Lipinski definition) is 1. The Hall–Kier alpha value is -3.36. The number of hydrogen-bond acceptors (Lipinski definition) is 4. The third kappa shape index (κ3) is 5.66. The number of nitrogens with zero attached hydrogens (tertiary/aromatic N) is 2. The maximum Gasteiger partial charge on any atom is 0.264 e. The molecule has 0 radical (unpaired) electrons. The van der Waals surface area contributed by atoms with Gasteiger partial charge in [0.25, 0.3) is 15.9 Å². The van der Waals surface area contributed by atoms with E-state index in [1.807, 2.05) is 6.92 Å². The lowest BCUT2D eigenvalue weighted by Gasteiger charge is -2.25. The van der Waals surface area contributed by atoms with Gasteiger partial charge in [-0.3, -0.25) is 13.9 Å². The Morgan fingerprint density at radius 1 is 0.943 bits per heavy atom. The van der Waals surface area contributed by atoms with E-state index in [0.29, 0.717) is 35.1 Å². The zero-order chi connectivity index (χ0) is 25.0. The smallest absolute Gasteiger partial charge is 0.264 e. The molecule has 182 valence electrons. The fraction of sp³-hybridized carbons (Fsp3) is 0.231. The largest absolute Gasteiger partial charge is 0.339 e. The SMILES string of the molecule is Cc1ccc(N(CC(=O)Nc2ccccc2C(=O)N2CCCC2)S(=O)(=O)c2ccc(Cl)cc2)cc1. The molecule has 1 heterocycles. The Morgan fingerprint density at radius 3 is 2.23 bits per heavy atom. The first kappa shape index (κ1) is 24.8. The number of carbonyl (C=O) groups excluding carboxylic acids is 2. The molecule has 0 aromatic heterocycles. The number of carbonyl (C=O) groups is 2. The van der Waals surface area contributed by atoms with Gasteiger partial charge in [0, 0.05) is 18.1 Å². The Balaban J connectivity index is 1.62. The van der Waals surface area contributed by atoms with E-state index in [1.54, 1.807) is 53.4 Å². The molecule has 1 N–H and O–H groups in total. The molecule has 0 aliphatic carbocycles. The fourth-order valence-corrected chi connectivity index (χ4v) is 5.50. The van der Waals surface area contributed by atoms with Gasteiger partial charge >= 0.3 is 0 Å². The van der Waals surface area contributed by atoms with Crippen LogP contribution in [0.15, 0.2) is 77.7 Å². The zero-order valence-corrected chi connectivity index (χ0v) is 20.8. The molecule has 3 aromatic rings. The van der Waals surface area contributed by atoms with Gasteiger partial charge in [-0.2, -0.15) is 0 Å². The minimum atomic E-state index is -4.07. The van der Waals surface area contributed by atoms with E-state index in [9.17, 15) is 18.0 Å². The van der Waals surface area contributed by atoms with Crippen LogP contribution in [0.2, 0.25) is 5.02 Å². The summed E-state index contributed by atoms with van der Waals surface area (Å²) in [7, 11) is -4.07. The van der Waals surface area contributed by atoms with Crippen molar-refractivity contribution in [1.82, 2.24) is 4.90 Å². The summed E-state index contributed by atoms with van der Waals surface area (Å²) in [5.41, 5.74) is 2.03. The molecule has 1 fully saturated rings. The molecule has 4 rings (SSSR count). The molecule has 1 saturated heterocycles. The van der Waals surface area contributed by atoms with Crippen LogP contribution >= 0.6 is 11.6 Å². The highest BCUT2D eigenvalue weighted by atomic mass is 35.5. The maximum absolute atomic E-state index is 13.5. The first-order valence-corrected chi connectivity index (χ1v) is 13.1. The molecule has 7 nitrogen and oxygen atoms in total. The first-order chi connectivity index (χ1) is 16.8. The van der Waals surface area contributed by atoms with E-state index >= 15 is 0 Å². The summed E-state index contributed by atoms with van der Waals surface area (Å²) in [6.07, 6.45) is 1.91. The normalized spacial score (nSPS) is 13.5. The van der Waals surface area contributed by atoms with Crippen molar-refractivity contribution in [3.05, 3.63) is 88.9 Å². The number of para-hydroxylation sites is 1. The Morgan fingerprint density at radius 2 is 1.57 bits per heavy atom. The van der Waals surface area contributed by atoms with Gasteiger partial charge in [0.1, 0.15) is 6.54 Å². The average molecular weight is 512 g/mol. The van der Waals surface area contributed by atoms with E-state index in [4.69, 9.17) is 11.6 Å². The van der Waals surface area contributed by atoms with Crippen molar-refractivity contribution >= 4 is 44.8 Å². The Labute approximate surface area is 210 Å². The predicted molar refractivity (Wildman–Crippen MR) is 137 cm³/mol. The minimum absolute atomic E-state index is 0.0138. The molecule has 0 saturated carbocycles. The van der Waals surface area contributed by atoms with Gasteiger partial charge in [-0.1, -0.05) is 41.4 Å². The molecule has 0 bridgehead atoms. The Kier molecular flexibility index (Phi) is 7.42. The third-order valence-corrected chi connectivity index (χ3v) is 7.88. The van der Waals surface area contributed by atoms with Crippen molar-refractivity contribution in [2.24, 2.45) is 0 Å². The van der Waals surface area contributed by atoms with Crippen molar-refractivity contribution in [1.29, 1.82) is 0 Å². The number of benzene rings is 3. The van der Waals surface area contributed by atoms with Gasteiger partial charge in [-0.25, -0.2) is 8.42 Å². The highest BCUT2D eigenvalue weighted by Gasteiger charge is 2.28. The van der Waals surface area contributed by atoms with Crippen molar-refractivity contribution < 1.29 is 18.0 Å². The number of nitrogens with one attached hydrogen (secondary N) is 1. The van der Waals surface area contributed by atoms with E-state index in [0.717, 1.165) is 22.7 Å². The molecule has 1 aliphatic heterocycles. The van der Waals surface area contributed by atoms with Gasteiger partial charge in [-0.05, 0) is 68.3 Å². The monoisotopic (exact) mass is 511 g/mol. The van der Waals surface area contributed by atoms with Crippen LogP contribution in [0.1, 0.15) is 28.8 Å². The highest BCUT2D eigenvalue weighted by molar-refractivity contribution is 7.92. The number of sulfonamides is 1. The van der Waals surface area contributed by atoms with Crippen LogP contribution in [-0.4, -0.2) is 44.8 Å². The summed E-state index contributed by atoms with van der Waals surface area (Å²) in [5.74, 6) is -0.715. The topological polar surface area (TPSA) is 86.8 Å². The van der Waals surface area contributed by atoms with Gasteiger partial charge in [0.05, 0.1) is 21.8 Å². The maximum atomic E-state index is 13.5. The van der Waals surface area contributed by atoms with Crippen LogP contribution in [0.4, 0.5) is 11.4 Å². The van der Waals surface area contributed by atoms with Crippen LogP contribution in [-0.2, 0) is 14.8 Å². The predicted octanol–water partition coefficient (Wildman–Crippen LogP) is 4.72. The molecule has 35 heavy (non-hydrogen) atoms. The quantitative estimate of drug-likeness (QED) is 0.497. The van der Waals surface area contributed by atoms with Crippen molar-refractivity contribution in [3.8, 4) is 0 Å². The zero-order valence-electron chi connectivity index (χ0n) is 19.3. The summed E-state index contributed by atoms with van der Waals surface area (Å²) in [5, 5.41) is 3.15. The average Bonchev–Trinajstić information content (AvgIpc) is 3.38. The standard InChI is InChI=1S/C26H26ClN3O4S/c1-19-8-12-21(13-9-19)30(35(33,34)22-14-10-20(27)11-15-22)18-25(31)28-24-7-3-2-6-23(24)26(32)29-16-4-5-17-29/h2-3,6-15H,4-5,16-18H2,1H3,(H,28,31). The number of halogens is 1. The van der Waals surface area contributed by atoms with Gasteiger partial charge in [0.2, 0.25) is 5.91 Å². The summed E-state index contributed by atoms with van der Waals surface area (Å²) in [6.45, 7) is 2.78. The lowest BCUT2D eigenvalue weighted by Crippen LogP contribution is -2.38. The number of aryl methyl sites for hydroxylation is 1. The third-order valence-electron chi connectivity index (χ3n) is 5.84. The molecular weight excluding hydrogens is 486 g/mol. The van der Waals surface area contributed by atoms with E-state index in [1.165, 1.54) is 24.3 Å². The molecule has 2 amide bonds. The van der Waals surface area contributed by atoms with E-state index < -0.39 is 22.5 Å². The second-order valence-electron chi connectivity index (χ2n) is 8.39. The summed E-state index contributed by atoms with van der Waals surface area (Å²) < 4.78 is 28.1. The lowest BCUT2D eigenvalue weighted by atomic mass is 10.1. The molecule has 9 heteroatoms. The van der Waals surface area contributed by atoms with Crippen molar-refractivity contribution in [2.75, 3.05) is 29.3 Å². The molecule has 0 unspecified atom stereocenters. The second kappa shape index (κ2) is 10.5. The highest BCUT2D eigenvalue weighted by Crippen LogP contribution is 2.26. The number of likely N-dealkylation sites (tertiary alicyclic amines) is 1. The Bertz CT molecular complexity index is 1320. The van der Waals surface area contributed by atoms with Gasteiger partial charge < -0.3 is 10.2 Å².